The van der Waals surface area contributed by atoms with E-state index in [1.165, 1.54) is 12.1 Å². The SMILES string of the molecule is Cc1cc(C(=O)NC(C)(C)C)nc(Nc2ccc(C(F)(F)F)cc2)n1. The third-order valence-corrected chi connectivity index (χ3v) is 3.04. The molecule has 0 radical (unpaired) electrons. The molecular weight excluding hydrogens is 333 g/mol. The lowest BCUT2D eigenvalue weighted by molar-refractivity contribution is -0.137. The first-order valence-corrected chi connectivity index (χ1v) is 7.56. The van der Waals surface area contributed by atoms with Gasteiger partial charge in [-0.1, -0.05) is 0 Å². The zero-order valence-corrected chi connectivity index (χ0v) is 14.3. The van der Waals surface area contributed by atoms with Crippen molar-refractivity contribution in [3.05, 3.63) is 47.3 Å². The molecule has 0 aliphatic heterocycles. The lowest BCUT2D eigenvalue weighted by Crippen LogP contribution is -2.41. The van der Waals surface area contributed by atoms with Crippen molar-refractivity contribution in [3.8, 4) is 0 Å². The number of hydrogen-bond donors (Lipinski definition) is 2. The van der Waals surface area contributed by atoms with Crippen molar-refractivity contribution in [2.24, 2.45) is 0 Å². The first-order chi connectivity index (χ1) is 11.4. The van der Waals surface area contributed by atoms with Gasteiger partial charge in [-0.3, -0.25) is 4.79 Å². The van der Waals surface area contributed by atoms with Crippen LogP contribution in [0.15, 0.2) is 30.3 Å². The van der Waals surface area contributed by atoms with Crippen LogP contribution in [0.5, 0.6) is 0 Å². The zero-order chi connectivity index (χ0) is 18.8. The molecule has 0 saturated heterocycles. The number of aryl methyl sites for hydroxylation is 1. The maximum atomic E-state index is 12.6. The second kappa shape index (κ2) is 6.70. The summed E-state index contributed by atoms with van der Waals surface area (Å²) in [7, 11) is 0. The number of nitrogens with zero attached hydrogens (tertiary/aromatic N) is 2. The standard InChI is InChI=1S/C17H19F3N4O/c1-10-9-13(14(25)24-16(2,3)4)23-15(21-10)22-12-7-5-11(6-8-12)17(18,19)20/h5-9H,1-4H3,(H,24,25)(H,21,22,23). The number of anilines is 2. The summed E-state index contributed by atoms with van der Waals surface area (Å²) in [6.45, 7) is 7.24. The van der Waals surface area contributed by atoms with E-state index in [2.05, 4.69) is 20.6 Å². The van der Waals surface area contributed by atoms with Gasteiger partial charge in [-0.2, -0.15) is 13.2 Å². The molecule has 0 saturated carbocycles. The molecular formula is C17H19F3N4O. The van der Waals surface area contributed by atoms with E-state index in [0.717, 1.165) is 12.1 Å². The summed E-state index contributed by atoms with van der Waals surface area (Å²) in [6.07, 6.45) is -4.39. The molecule has 0 spiro atoms. The van der Waals surface area contributed by atoms with Crippen LogP contribution in [0.25, 0.3) is 0 Å². The first-order valence-electron chi connectivity index (χ1n) is 7.56. The maximum Gasteiger partial charge on any atom is 0.416 e. The minimum absolute atomic E-state index is 0.138. The fraction of sp³-hybridized carbons (Fsp3) is 0.353. The molecule has 8 heteroatoms. The van der Waals surface area contributed by atoms with E-state index in [1.54, 1.807) is 13.0 Å². The van der Waals surface area contributed by atoms with Crippen molar-refractivity contribution in [3.63, 3.8) is 0 Å². The van der Waals surface area contributed by atoms with E-state index in [0.29, 0.717) is 11.4 Å². The van der Waals surface area contributed by atoms with Gasteiger partial charge in [0.15, 0.2) is 0 Å². The van der Waals surface area contributed by atoms with Crippen LogP contribution < -0.4 is 10.6 Å². The molecule has 0 fully saturated rings. The molecule has 25 heavy (non-hydrogen) atoms. The van der Waals surface area contributed by atoms with E-state index in [-0.39, 0.29) is 17.5 Å². The van der Waals surface area contributed by atoms with Gasteiger partial charge in [-0.25, -0.2) is 9.97 Å². The van der Waals surface area contributed by atoms with Gasteiger partial charge in [0.25, 0.3) is 5.91 Å². The third-order valence-electron chi connectivity index (χ3n) is 3.04. The molecule has 0 aliphatic rings. The highest BCUT2D eigenvalue weighted by Crippen LogP contribution is 2.30. The van der Waals surface area contributed by atoms with Crippen LogP contribution >= 0.6 is 0 Å². The number of rotatable bonds is 3. The average Bonchev–Trinajstić information content (AvgIpc) is 2.44. The number of hydrogen-bond acceptors (Lipinski definition) is 4. The highest BCUT2D eigenvalue weighted by molar-refractivity contribution is 5.93. The molecule has 2 N–H and O–H groups in total. The van der Waals surface area contributed by atoms with Crippen molar-refractivity contribution in [2.75, 3.05) is 5.32 Å². The molecule has 1 aromatic heterocycles. The van der Waals surface area contributed by atoms with Crippen molar-refractivity contribution in [2.45, 2.75) is 39.4 Å². The summed E-state index contributed by atoms with van der Waals surface area (Å²) >= 11 is 0. The van der Waals surface area contributed by atoms with Gasteiger partial charge in [0, 0.05) is 16.9 Å². The van der Waals surface area contributed by atoms with Crippen LogP contribution in [0, 0.1) is 6.92 Å². The van der Waals surface area contributed by atoms with Gasteiger partial charge in [-0.15, -0.1) is 0 Å². The van der Waals surface area contributed by atoms with Gasteiger partial charge >= 0.3 is 6.18 Å². The molecule has 0 unspecified atom stereocenters. The van der Waals surface area contributed by atoms with Gasteiger partial charge in [0.2, 0.25) is 5.95 Å². The van der Waals surface area contributed by atoms with Gasteiger partial charge in [0.1, 0.15) is 5.69 Å². The summed E-state index contributed by atoms with van der Waals surface area (Å²) < 4.78 is 37.8. The second-order valence-electron chi connectivity index (χ2n) is 6.62. The van der Waals surface area contributed by atoms with Gasteiger partial charge in [0.05, 0.1) is 5.56 Å². The molecule has 0 aliphatic carbocycles. The largest absolute Gasteiger partial charge is 0.416 e. The first kappa shape index (κ1) is 18.7. The fourth-order valence-electron chi connectivity index (χ4n) is 2.02. The Morgan fingerprint density at radius 2 is 1.64 bits per heavy atom. The molecule has 5 nitrogen and oxygen atoms in total. The highest BCUT2D eigenvalue weighted by atomic mass is 19.4. The number of carbonyl (C=O) groups excluding carboxylic acids is 1. The summed E-state index contributed by atoms with van der Waals surface area (Å²) in [5, 5.41) is 5.61. The van der Waals surface area contributed by atoms with Crippen molar-refractivity contribution >= 4 is 17.5 Å². The predicted octanol–water partition coefficient (Wildman–Crippen LogP) is 4.08. The number of carbonyl (C=O) groups is 1. The van der Waals surface area contributed by atoms with Crippen LogP contribution in [0.2, 0.25) is 0 Å². The molecule has 0 bridgehead atoms. The summed E-state index contributed by atoms with van der Waals surface area (Å²) in [6, 6.07) is 6.03. The Labute approximate surface area is 143 Å². The third kappa shape index (κ3) is 5.44. The normalized spacial score (nSPS) is 12.0. The number of nitrogens with one attached hydrogen (secondary N) is 2. The molecule has 134 valence electrons. The number of amides is 1. The number of halogens is 3. The number of aromatic nitrogens is 2. The molecule has 1 amide bonds. The molecule has 1 aromatic carbocycles. The lowest BCUT2D eigenvalue weighted by atomic mass is 10.1. The van der Waals surface area contributed by atoms with Crippen LogP contribution in [-0.2, 0) is 6.18 Å². The van der Waals surface area contributed by atoms with Crippen LogP contribution in [0.1, 0.15) is 42.5 Å². The Bertz CT molecular complexity index is 765. The zero-order valence-electron chi connectivity index (χ0n) is 14.3. The average molecular weight is 352 g/mol. The monoisotopic (exact) mass is 352 g/mol. The maximum absolute atomic E-state index is 12.6. The number of benzene rings is 1. The summed E-state index contributed by atoms with van der Waals surface area (Å²) in [5.74, 6) is -0.215. The van der Waals surface area contributed by atoms with Crippen molar-refractivity contribution in [1.29, 1.82) is 0 Å². The molecule has 0 atom stereocenters. The minimum Gasteiger partial charge on any atom is -0.346 e. The Morgan fingerprint density at radius 3 is 2.16 bits per heavy atom. The van der Waals surface area contributed by atoms with Gasteiger partial charge < -0.3 is 10.6 Å². The molecule has 2 rings (SSSR count). The molecule has 1 heterocycles. The van der Waals surface area contributed by atoms with E-state index >= 15 is 0 Å². The predicted molar refractivity (Wildman–Crippen MR) is 88.7 cm³/mol. The van der Waals surface area contributed by atoms with E-state index in [1.807, 2.05) is 20.8 Å². The fourth-order valence-corrected chi connectivity index (χ4v) is 2.02. The van der Waals surface area contributed by atoms with Crippen LogP contribution in [0.3, 0.4) is 0 Å². The highest BCUT2D eigenvalue weighted by Gasteiger charge is 2.30. The summed E-state index contributed by atoms with van der Waals surface area (Å²) in [5.41, 5.74) is -0.0359. The Hall–Kier alpha value is -2.64. The topological polar surface area (TPSA) is 66.9 Å². The van der Waals surface area contributed by atoms with Crippen LogP contribution in [0.4, 0.5) is 24.8 Å². The Kier molecular flexibility index (Phi) is 5.01. The quantitative estimate of drug-likeness (QED) is 0.874. The van der Waals surface area contributed by atoms with E-state index < -0.39 is 17.3 Å². The number of alkyl halides is 3. The van der Waals surface area contributed by atoms with Crippen LogP contribution in [-0.4, -0.2) is 21.4 Å². The smallest absolute Gasteiger partial charge is 0.346 e. The van der Waals surface area contributed by atoms with Gasteiger partial charge in [-0.05, 0) is 58.0 Å². The Balaban J connectivity index is 2.21. The minimum atomic E-state index is -4.39. The van der Waals surface area contributed by atoms with E-state index in [9.17, 15) is 18.0 Å². The van der Waals surface area contributed by atoms with Crippen molar-refractivity contribution < 1.29 is 18.0 Å². The van der Waals surface area contributed by atoms with E-state index in [4.69, 9.17) is 0 Å². The lowest BCUT2D eigenvalue weighted by Gasteiger charge is -2.20. The Morgan fingerprint density at radius 1 is 1.04 bits per heavy atom. The van der Waals surface area contributed by atoms with Crippen molar-refractivity contribution in [1.82, 2.24) is 15.3 Å². The second-order valence-corrected chi connectivity index (χ2v) is 6.62. The molecule has 2 aromatic rings. The summed E-state index contributed by atoms with van der Waals surface area (Å²) in [4.78, 5) is 20.5.